The highest BCUT2D eigenvalue weighted by molar-refractivity contribution is 6.30. The Bertz CT molecular complexity index is 547. The molecule has 0 spiro atoms. The largest absolute Gasteiger partial charge is 0.375 e. The third-order valence-corrected chi connectivity index (χ3v) is 4.54. The number of nitrogens with zero attached hydrogens (tertiary/aromatic N) is 1. The van der Waals surface area contributed by atoms with E-state index in [2.05, 4.69) is 21.6 Å². The Kier molecular flexibility index (Phi) is 8.60. The first-order valence-corrected chi connectivity index (χ1v) is 8.17. The summed E-state index contributed by atoms with van der Waals surface area (Å²) in [6.07, 6.45) is 0.861. The number of carbonyl (C=O) groups is 1. The molecule has 24 heavy (non-hydrogen) atoms. The smallest absolute Gasteiger partial charge is 0.240 e. The van der Waals surface area contributed by atoms with Gasteiger partial charge in [0.05, 0.1) is 12.7 Å². The van der Waals surface area contributed by atoms with Gasteiger partial charge in [0.1, 0.15) is 6.04 Å². The number of hydrogen-bond acceptors (Lipinski definition) is 4. The fourth-order valence-corrected chi connectivity index (χ4v) is 3.29. The summed E-state index contributed by atoms with van der Waals surface area (Å²) < 4.78 is 5.53. The van der Waals surface area contributed by atoms with Crippen LogP contribution in [0.15, 0.2) is 24.3 Å². The van der Waals surface area contributed by atoms with Crippen molar-refractivity contribution in [2.45, 2.75) is 31.5 Å². The predicted octanol–water partition coefficient (Wildman–Crippen LogP) is 2.26. The number of amides is 1. The molecule has 2 fully saturated rings. The third-order valence-electron chi connectivity index (χ3n) is 4.31. The van der Waals surface area contributed by atoms with Crippen molar-refractivity contribution in [1.82, 2.24) is 10.6 Å². The summed E-state index contributed by atoms with van der Waals surface area (Å²) >= 11 is 6.04. The van der Waals surface area contributed by atoms with E-state index in [1.165, 1.54) is 0 Å². The van der Waals surface area contributed by atoms with Crippen LogP contribution in [0.4, 0.5) is 5.69 Å². The Labute approximate surface area is 160 Å². The number of anilines is 1. The number of halogens is 3. The third kappa shape index (κ3) is 5.14. The number of ether oxygens (including phenoxy) is 1. The van der Waals surface area contributed by atoms with Gasteiger partial charge in [-0.1, -0.05) is 17.7 Å². The molecule has 2 heterocycles. The lowest BCUT2D eigenvalue weighted by Crippen LogP contribution is -2.57. The van der Waals surface area contributed by atoms with Gasteiger partial charge in [0, 0.05) is 36.4 Å². The van der Waals surface area contributed by atoms with Gasteiger partial charge < -0.3 is 20.3 Å². The van der Waals surface area contributed by atoms with Crippen molar-refractivity contribution in [3.63, 3.8) is 0 Å². The fraction of sp³-hybridized carbons (Fsp3) is 0.562. The van der Waals surface area contributed by atoms with E-state index in [0.29, 0.717) is 6.61 Å². The summed E-state index contributed by atoms with van der Waals surface area (Å²) in [4.78, 5) is 14.6. The molecule has 0 aromatic heterocycles. The van der Waals surface area contributed by atoms with Gasteiger partial charge in [-0.2, -0.15) is 0 Å². The van der Waals surface area contributed by atoms with Crippen LogP contribution in [0.2, 0.25) is 5.02 Å². The van der Waals surface area contributed by atoms with Crippen molar-refractivity contribution in [2.24, 2.45) is 0 Å². The summed E-state index contributed by atoms with van der Waals surface area (Å²) in [6.45, 7) is 5.06. The van der Waals surface area contributed by atoms with E-state index in [-0.39, 0.29) is 48.9 Å². The maximum Gasteiger partial charge on any atom is 0.240 e. The van der Waals surface area contributed by atoms with Crippen molar-refractivity contribution in [2.75, 3.05) is 31.1 Å². The number of rotatable bonds is 3. The van der Waals surface area contributed by atoms with Gasteiger partial charge in [-0.25, -0.2) is 0 Å². The topological polar surface area (TPSA) is 53.6 Å². The van der Waals surface area contributed by atoms with Crippen molar-refractivity contribution in [1.29, 1.82) is 0 Å². The van der Waals surface area contributed by atoms with Crippen LogP contribution in [0.3, 0.4) is 0 Å². The zero-order chi connectivity index (χ0) is 15.5. The van der Waals surface area contributed by atoms with Crippen LogP contribution >= 0.6 is 36.4 Å². The van der Waals surface area contributed by atoms with Gasteiger partial charge >= 0.3 is 0 Å². The Morgan fingerprint density at radius 3 is 2.92 bits per heavy atom. The molecule has 3 atom stereocenters. The zero-order valence-corrected chi connectivity index (χ0v) is 15.9. The maximum absolute atomic E-state index is 12.4. The monoisotopic (exact) mass is 395 g/mol. The lowest BCUT2D eigenvalue weighted by molar-refractivity contribution is -0.129. The molecule has 3 rings (SSSR count). The van der Waals surface area contributed by atoms with Crippen LogP contribution in [0.5, 0.6) is 0 Å². The average Bonchev–Trinajstić information content (AvgIpc) is 2.96. The first-order valence-electron chi connectivity index (χ1n) is 7.79. The molecule has 5 nitrogen and oxygen atoms in total. The highest BCUT2D eigenvalue weighted by Gasteiger charge is 2.31. The molecular formula is C16H24Cl3N3O2. The summed E-state index contributed by atoms with van der Waals surface area (Å²) in [6, 6.07) is 7.75. The molecule has 0 aliphatic carbocycles. The van der Waals surface area contributed by atoms with E-state index < -0.39 is 0 Å². The summed E-state index contributed by atoms with van der Waals surface area (Å²) in [5, 5.41) is 7.10. The second-order valence-electron chi connectivity index (χ2n) is 5.93. The van der Waals surface area contributed by atoms with Crippen molar-refractivity contribution < 1.29 is 9.53 Å². The molecule has 2 aliphatic rings. The minimum Gasteiger partial charge on any atom is -0.375 e. The van der Waals surface area contributed by atoms with E-state index in [1.54, 1.807) is 0 Å². The van der Waals surface area contributed by atoms with E-state index in [1.807, 2.05) is 25.1 Å². The molecule has 0 saturated carbocycles. The first kappa shape index (κ1) is 21.3. The van der Waals surface area contributed by atoms with Crippen LogP contribution in [-0.2, 0) is 9.53 Å². The van der Waals surface area contributed by atoms with E-state index in [4.69, 9.17) is 16.3 Å². The lowest BCUT2D eigenvalue weighted by Gasteiger charge is -2.30. The average molecular weight is 397 g/mol. The van der Waals surface area contributed by atoms with Crippen LogP contribution in [0.25, 0.3) is 0 Å². The van der Waals surface area contributed by atoms with Crippen LogP contribution in [0.1, 0.15) is 13.3 Å². The number of nitrogens with one attached hydrogen (secondary N) is 2. The Balaban J connectivity index is 0.00000144. The van der Waals surface area contributed by atoms with Gasteiger partial charge in [-0.15, -0.1) is 24.8 Å². The first-order chi connectivity index (χ1) is 10.6. The number of morpholine rings is 1. The Hall–Kier alpha value is -0.720. The van der Waals surface area contributed by atoms with E-state index in [9.17, 15) is 4.79 Å². The van der Waals surface area contributed by atoms with E-state index in [0.717, 1.165) is 36.8 Å². The van der Waals surface area contributed by atoms with Crippen molar-refractivity contribution in [3.8, 4) is 0 Å². The molecule has 2 saturated heterocycles. The molecule has 1 amide bonds. The second-order valence-corrected chi connectivity index (χ2v) is 6.36. The minimum absolute atomic E-state index is 0. The highest BCUT2D eigenvalue weighted by Crippen LogP contribution is 2.23. The summed E-state index contributed by atoms with van der Waals surface area (Å²) in [5.41, 5.74) is 1.11. The maximum atomic E-state index is 12.4. The number of hydrogen-bond donors (Lipinski definition) is 2. The standard InChI is InChI=1S/C16H22ClN3O2.2ClH/c1-11-15(18-6-8-22-11)16(21)19-13-5-7-20(10-13)14-4-2-3-12(17)9-14;;/h2-4,9,11,13,15,18H,5-8,10H2,1H3,(H,19,21);2*1H/t11-,13?,15+;;/m1../s1. The van der Waals surface area contributed by atoms with Gasteiger partial charge in [-0.05, 0) is 31.5 Å². The van der Waals surface area contributed by atoms with Crippen molar-refractivity contribution >= 4 is 48.0 Å². The summed E-state index contributed by atoms with van der Waals surface area (Å²) in [5.74, 6) is 0.0325. The minimum atomic E-state index is -0.256. The van der Waals surface area contributed by atoms with Gasteiger partial charge in [0.15, 0.2) is 0 Å². The molecule has 2 aliphatic heterocycles. The van der Waals surface area contributed by atoms with E-state index >= 15 is 0 Å². The number of benzene rings is 1. The normalized spacial score (nSPS) is 26.2. The quantitative estimate of drug-likeness (QED) is 0.823. The predicted molar refractivity (Wildman–Crippen MR) is 102 cm³/mol. The molecule has 1 aromatic rings. The molecule has 8 heteroatoms. The van der Waals surface area contributed by atoms with Crippen LogP contribution < -0.4 is 15.5 Å². The SMILES string of the molecule is C[C@H]1OCCN[C@@H]1C(=O)NC1CCN(c2cccc(Cl)c2)C1.Cl.Cl. The highest BCUT2D eigenvalue weighted by atomic mass is 35.5. The molecule has 0 bridgehead atoms. The zero-order valence-electron chi connectivity index (χ0n) is 13.5. The van der Waals surface area contributed by atoms with Gasteiger partial charge in [-0.3, -0.25) is 4.79 Å². The van der Waals surface area contributed by atoms with Crippen LogP contribution in [0, 0.1) is 0 Å². The lowest BCUT2D eigenvalue weighted by atomic mass is 10.1. The van der Waals surface area contributed by atoms with Crippen molar-refractivity contribution in [3.05, 3.63) is 29.3 Å². The molecular weight excluding hydrogens is 373 g/mol. The summed E-state index contributed by atoms with van der Waals surface area (Å²) in [7, 11) is 0. The molecule has 1 aromatic carbocycles. The molecule has 136 valence electrons. The Morgan fingerprint density at radius 2 is 2.21 bits per heavy atom. The second kappa shape index (κ2) is 9.68. The molecule has 2 N–H and O–H groups in total. The number of carbonyl (C=O) groups excluding carboxylic acids is 1. The van der Waals surface area contributed by atoms with Crippen LogP contribution in [-0.4, -0.2) is 50.3 Å². The molecule has 1 unspecified atom stereocenters. The Morgan fingerprint density at radius 1 is 1.42 bits per heavy atom. The van der Waals surface area contributed by atoms with Gasteiger partial charge in [0.25, 0.3) is 0 Å². The van der Waals surface area contributed by atoms with Gasteiger partial charge in [0.2, 0.25) is 5.91 Å². The molecule has 0 radical (unpaired) electrons. The fourth-order valence-electron chi connectivity index (χ4n) is 3.10.